The zero-order chi connectivity index (χ0) is 12.6. The lowest BCUT2D eigenvalue weighted by atomic mass is 10.1. The van der Waals surface area contributed by atoms with E-state index in [0.29, 0.717) is 10.6 Å². The van der Waals surface area contributed by atoms with Crippen LogP contribution >= 0.6 is 50.1 Å². The lowest BCUT2D eigenvalue weighted by Gasteiger charge is -2.16. The van der Waals surface area contributed by atoms with Crippen molar-refractivity contribution in [1.29, 1.82) is 0 Å². The summed E-state index contributed by atoms with van der Waals surface area (Å²) in [6.45, 7) is 0. The minimum Gasteiger partial charge on any atom is -0.290 e. The standard InChI is InChI=1S/C9H7BrClIO3S/c1-16(14,15)9(10,12)8(13)6-2-4-7(11)5-3-6/h2-5H,1H3/t9-/m0/s1. The number of ketones is 1. The van der Waals surface area contributed by atoms with Gasteiger partial charge in [-0.05, 0) is 62.8 Å². The van der Waals surface area contributed by atoms with Crippen molar-refractivity contribution in [2.75, 3.05) is 6.26 Å². The third kappa shape index (κ3) is 2.96. The van der Waals surface area contributed by atoms with Gasteiger partial charge in [0.25, 0.3) is 0 Å². The normalized spacial score (nSPS) is 15.5. The molecule has 0 aliphatic carbocycles. The molecule has 0 bridgehead atoms. The van der Waals surface area contributed by atoms with Crippen LogP contribution in [0, 0.1) is 0 Å². The number of carbonyl (C=O) groups excluding carboxylic acids is 1. The number of hydrogen-bond acceptors (Lipinski definition) is 3. The summed E-state index contributed by atoms with van der Waals surface area (Å²) >= 11 is 10.2. The molecule has 0 N–H and O–H groups in total. The van der Waals surface area contributed by atoms with E-state index >= 15 is 0 Å². The van der Waals surface area contributed by atoms with Crippen LogP contribution in [0.5, 0.6) is 0 Å². The molecule has 0 saturated heterocycles. The van der Waals surface area contributed by atoms with Crippen molar-refractivity contribution >= 4 is 65.7 Å². The Balaban J connectivity index is 3.18. The minimum atomic E-state index is -3.54. The summed E-state index contributed by atoms with van der Waals surface area (Å²) in [4.78, 5) is 11.9. The average Bonchev–Trinajstić information content (AvgIpc) is 2.16. The third-order valence-electron chi connectivity index (χ3n) is 1.84. The van der Waals surface area contributed by atoms with Crippen LogP contribution in [0.1, 0.15) is 10.4 Å². The van der Waals surface area contributed by atoms with Gasteiger partial charge in [0.2, 0.25) is 7.45 Å². The van der Waals surface area contributed by atoms with E-state index in [0.717, 1.165) is 6.26 Å². The second-order valence-corrected chi connectivity index (χ2v) is 11.3. The maximum Gasteiger partial charge on any atom is 0.238 e. The van der Waals surface area contributed by atoms with Gasteiger partial charge in [0.05, 0.1) is 0 Å². The number of benzene rings is 1. The largest absolute Gasteiger partial charge is 0.290 e. The Morgan fingerprint density at radius 3 is 2.19 bits per heavy atom. The highest BCUT2D eigenvalue weighted by Gasteiger charge is 2.43. The summed E-state index contributed by atoms with van der Waals surface area (Å²) in [6.07, 6.45) is 1.00. The highest BCUT2D eigenvalue weighted by Crippen LogP contribution is 2.36. The Hall–Kier alpha value is 0.340. The number of sulfone groups is 1. The van der Waals surface area contributed by atoms with E-state index in [1.54, 1.807) is 22.6 Å². The highest BCUT2D eigenvalue weighted by atomic mass is 127. The molecule has 0 aliphatic heterocycles. The molecule has 0 saturated carbocycles. The molecule has 0 aliphatic rings. The highest BCUT2D eigenvalue weighted by molar-refractivity contribution is 14.1. The zero-order valence-electron chi connectivity index (χ0n) is 8.08. The van der Waals surface area contributed by atoms with Crippen molar-refractivity contribution in [3.63, 3.8) is 0 Å². The number of hydrogen-bond donors (Lipinski definition) is 0. The fourth-order valence-corrected chi connectivity index (χ4v) is 2.06. The molecule has 0 amide bonds. The SMILES string of the molecule is CS(=O)(=O)[C@@](Br)(I)C(=O)c1ccc(Cl)cc1. The summed E-state index contributed by atoms with van der Waals surface area (Å²) in [5.41, 5.74) is 0.293. The molecule has 0 heterocycles. The van der Waals surface area contributed by atoms with Gasteiger partial charge in [0.15, 0.2) is 9.84 Å². The first-order valence-electron chi connectivity index (χ1n) is 4.04. The molecule has 1 aromatic rings. The number of carbonyl (C=O) groups is 1. The van der Waals surface area contributed by atoms with Gasteiger partial charge in [0, 0.05) is 16.8 Å². The molecule has 0 aromatic heterocycles. The third-order valence-corrected chi connectivity index (χ3v) is 8.22. The maximum absolute atomic E-state index is 11.9. The maximum atomic E-state index is 11.9. The van der Waals surface area contributed by atoms with Crippen LogP contribution in [-0.4, -0.2) is 22.1 Å². The molecular weight excluding hydrogens is 430 g/mol. The molecule has 88 valence electrons. The summed E-state index contributed by atoms with van der Waals surface area (Å²) in [7, 11) is -3.54. The first kappa shape index (κ1) is 14.4. The lowest BCUT2D eigenvalue weighted by molar-refractivity contribution is 0.101. The summed E-state index contributed by atoms with van der Waals surface area (Å²) in [5, 5.41) is 0.490. The lowest BCUT2D eigenvalue weighted by Crippen LogP contribution is -2.33. The van der Waals surface area contributed by atoms with Crippen molar-refractivity contribution in [1.82, 2.24) is 0 Å². The van der Waals surface area contributed by atoms with Gasteiger partial charge in [-0.25, -0.2) is 8.42 Å². The van der Waals surface area contributed by atoms with Crippen molar-refractivity contribution in [3.05, 3.63) is 34.9 Å². The first-order chi connectivity index (χ1) is 7.16. The molecule has 1 atom stereocenters. The Kier molecular flexibility index (Phi) is 4.42. The molecule has 1 rings (SSSR count). The minimum absolute atomic E-state index is 0.293. The number of rotatable bonds is 3. The quantitative estimate of drug-likeness (QED) is 0.415. The number of Topliss-reactive ketones (excluding diaryl/α,β-unsaturated/α-hetero) is 1. The monoisotopic (exact) mass is 436 g/mol. The van der Waals surface area contributed by atoms with Crippen LogP contribution in [0.2, 0.25) is 5.02 Å². The van der Waals surface area contributed by atoms with Crippen LogP contribution in [-0.2, 0) is 9.84 Å². The van der Waals surface area contributed by atoms with Crippen LogP contribution in [0.25, 0.3) is 0 Å². The van der Waals surface area contributed by atoms with Gasteiger partial charge >= 0.3 is 0 Å². The molecule has 1 aromatic carbocycles. The molecule has 16 heavy (non-hydrogen) atoms. The summed E-state index contributed by atoms with van der Waals surface area (Å²) in [5.74, 6) is -0.521. The number of halogens is 3. The van der Waals surface area contributed by atoms with Crippen molar-refractivity contribution in [2.45, 2.75) is 1.66 Å². The predicted octanol–water partition coefficient (Wildman–Crippen LogP) is 3.05. The zero-order valence-corrected chi connectivity index (χ0v) is 13.4. The van der Waals surface area contributed by atoms with E-state index in [2.05, 4.69) is 15.9 Å². The molecule has 0 spiro atoms. The molecule has 0 unspecified atom stereocenters. The van der Waals surface area contributed by atoms with Crippen molar-refractivity contribution in [3.8, 4) is 0 Å². The van der Waals surface area contributed by atoms with Gasteiger partial charge < -0.3 is 0 Å². The molecule has 7 heteroatoms. The second-order valence-electron chi connectivity index (χ2n) is 3.12. The fraction of sp³-hybridized carbons (Fsp3) is 0.222. The Morgan fingerprint density at radius 1 is 1.38 bits per heavy atom. The van der Waals surface area contributed by atoms with Gasteiger partial charge in [0.1, 0.15) is 0 Å². The molecule has 3 nitrogen and oxygen atoms in total. The van der Waals surface area contributed by atoms with Gasteiger partial charge in [-0.3, -0.25) is 4.79 Å². The Bertz CT molecular complexity index is 510. The smallest absolute Gasteiger partial charge is 0.238 e. The van der Waals surface area contributed by atoms with Crippen LogP contribution in [0.4, 0.5) is 0 Å². The molecule has 0 radical (unpaired) electrons. The van der Waals surface area contributed by atoms with Crippen LogP contribution < -0.4 is 0 Å². The molecular formula is C9H7BrClIO3S. The fourth-order valence-electron chi connectivity index (χ4n) is 0.938. The van der Waals surface area contributed by atoms with E-state index < -0.39 is 17.3 Å². The number of alkyl halides is 2. The topological polar surface area (TPSA) is 51.2 Å². The summed E-state index contributed by atoms with van der Waals surface area (Å²) < 4.78 is 21.2. The van der Waals surface area contributed by atoms with Crippen molar-refractivity contribution < 1.29 is 13.2 Å². The predicted molar refractivity (Wildman–Crippen MR) is 76.3 cm³/mol. The van der Waals surface area contributed by atoms with Crippen molar-refractivity contribution in [2.24, 2.45) is 0 Å². The van der Waals surface area contributed by atoms with E-state index in [-0.39, 0.29) is 0 Å². The van der Waals surface area contributed by atoms with Crippen LogP contribution in [0.3, 0.4) is 0 Å². The van der Waals surface area contributed by atoms with E-state index in [9.17, 15) is 13.2 Å². The van der Waals surface area contributed by atoms with E-state index in [4.69, 9.17) is 11.6 Å². The molecule has 0 fully saturated rings. The van der Waals surface area contributed by atoms with E-state index in [1.165, 1.54) is 24.3 Å². The second kappa shape index (κ2) is 4.91. The van der Waals surface area contributed by atoms with Gasteiger partial charge in [-0.15, -0.1) is 0 Å². The Morgan fingerprint density at radius 2 is 1.81 bits per heavy atom. The summed E-state index contributed by atoms with van der Waals surface area (Å²) in [6, 6.07) is 6.06. The van der Waals surface area contributed by atoms with Gasteiger partial charge in [-0.2, -0.15) is 0 Å². The Labute approximate surface area is 121 Å². The first-order valence-corrected chi connectivity index (χ1v) is 8.18. The van der Waals surface area contributed by atoms with E-state index in [1.807, 2.05) is 0 Å². The van der Waals surface area contributed by atoms with Gasteiger partial charge in [-0.1, -0.05) is 11.6 Å². The van der Waals surface area contributed by atoms with Crippen LogP contribution in [0.15, 0.2) is 24.3 Å². The average molecular weight is 437 g/mol.